The quantitative estimate of drug-likeness (QED) is 0.838. The molecule has 1 aromatic heterocycles. The zero-order valence-electron chi connectivity index (χ0n) is 10.2. The van der Waals surface area contributed by atoms with Gasteiger partial charge in [0.05, 0.1) is 12.1 Å². The minimum absolute atomic E-state index is 0.194. The molecule has 2 rings (SSSR count). The van der Waals surface area contributed by atoms with Crippen molar-refractivity contribution in [2.24, 2.45) is 0 Å². The van der Waals surface area contributed by atoms with Crippen LogP contribution in [0.5, 0.6) is 0 Å². The van der Waals surface area contributed by atoms with Gasteiger partial charge >= 0.3 is 11.7 Å². The lowest BCUT2D eigenvalue weighted by Gasteiger charge is -2.10. The molecule has 2 N–H and O–H groups in total. The zero-order valence-corrected chi connectivity index (χ0v) is 10.2. The maximum absolute atomic E-state index is 11.8. The van der Waals surface area contributed by atoms with Crippen LogP contribution < -0.4 is 11.2 Å². The Bertz CT molecular complexity index is 743. The van der Waals surface area contributed by atoms with E-state index in [0.29, 0.717) is 16.8 Å². The molecule has 0 saturated heterocycles. The van der Waals surface area contributed by atoms with Gasteiger partial charge in [0.25, 0.3) is 5.56 Å². The van der Waals surface area contributed by atoms with Gasteiger partial charge < -0.3 is 5.11 Å². The number of para-hydroxylation sites is 1. The van der Waals surface area contributed by atoms with Gasteiger partial charge in [0.15, 0.2) is 0 Å². The van der Waals surface area contributed by atoms with Gasteiger partial charge in [-0.05, 0) is 18.6 Å². The van der Waals surface area contributed by atoms with E-state index >= 15 is 0 Å². The Morgan fingerprint density at radius 1 is 1.32 bits per heavy atom. The number of nitrogens with one attached hydrogen (secondary N) is 1. The number of H-pyrrole nitrogens is 1. The van der Waals surface area contributed by atoms with Crippen molar-refractivity contribution in [1.82, 2.24) is 9.55 Å². The summed E-state index contributed by atoms with van der Waals surface area (Å²) < 4.78 is 1.25. The fourth-order valence-electron chi connectivity index (χ4n) is 1.80. The van der Waals surface area contributed by atoms with E-state index in [0.717, 1.165) is 0 Å². The van der Waals surface area contributed by atoms with Gasteiger partial charge in [-0.25, -0.2) is 4.79 Å². The topological polar surface area (TPSA) is 92.2 Å². The third-order valence-corrected chi connectivity index (χ3v) is 2.71. The SMILES string of the molecule is Cc1cn(-c2ccccc2CC(=O)O)c(=O)[nH]c1=O. The number of nitrogens with zero attached hydrogens (tertiary/aromatic N) is 1. The first kappa shape index (κ1) is 12.8. The third-order valence-electron chi connectivity index (χ3n) is 2.71. The first-order chi connectivity index (χ1) is 8.99. The predicted molar refractivity (Wildman–Crippen MR) is 68.7 cm³/mol. The molecule has 0 radical (unpaired) electrons. The largest absolute Gasteiger partial charge is 0.481 e. The van der Waals surface area contributed by atoms with Crippen molar-refractivity contribution in [3.8, 4) is 5.69 Å². The van der Waals surface area contributed by atoms with Crippen LogP contribution in [0.2, 0.25) is 0 Å². The highest BCUT2D eigenvalue weighted by molar-refractivity contribution is 5.71. The molecule has 1 heterocycles. The molecule has 0 aliphatic carbocycles. The van der Waals surface area contributed by atoms with Crippen molar-refractivity contribution < 1.29 is 9.90 Å². The standard InChI is InChI=1S/C13H12N2O4/c1-8-7-15(13(19)14-12(8)18)10-5-3-2-4-9(10)6-11(16)17/h2-5,7H,6H2,1H3,(H,16,17)(H,14,18,19). The smallest absolute Gasteiger partial charge is 0.332 e. The molecule has 2 aromatic rings. The molecule has 0 bridgehead atoms. The van der Waals surface area contributed by atoms with E-state index in [9.17, 15) is 14.4 Å². The molecule has 98 valence electrons. The zero-order chi connectivity index (χ0) is 14.0. The summed E-state index contributed by atoms with van der Waals surface area (Å²) in [5, 5.41) is 8.86. The molecule has 6 heteroatoms. The molecular weight excluding hydrogens is 248 g/mol. The van der Waals surface area contributed by atoms with Crippen LogP contribution in [-0.2, 0) is 11.2 Å². The van der Waals surface area contributed by atoms with Gasteiger partial charge in [-0.15, -0.1) is 0 Å². The van der Waals surface area contributed by atoms with Crippen molar-refractivity contribution in [3.63, 3.8) is 0 Å². The second kappa shape index (κ2) is 4.93. The Kier molecular flexibility index (Phi) is 3.33. The molecule has 19 heavy (non-hydrogen) atoms. The Morgan fingerprint density at radius 2 is 2.00 bits per heavy atom. The number of hydrogen-bond donors (Lipinski definition) is 2. The minimum Gasteiger partial charge on any atom is -0.481 e. The first-order valence-electron chi connectivity index (χ1n) is 5.61. The summed E-state index contributed by atoms with van der Waals surface area (Å²) in [7, 11) is 0. The summed E-state index contributed by atoms with van der Waals surface area (Å²) in [5.74, 6) is -0.985. The molecule has 0 fully saturated rings. The van der Waals surface area contributed by atoms with Crippen LogP contribution in [-0.4, -0.2) is 20.6 Å². The second-order valence-corrected chi connectivity index (χ2v) is 4.14. The van der Waals surface area contributed by atoms with Crippen LogP contribution in [0.25, 0.3) is 5.69 Å². The van der Waals surface area contributed by atoms with Crippen LogP contribution in [0.1, 0.15) is 11.1 Å². The molecule has 0 saturated carbocycles. The molecule has 0 spiro atoms. The molecule has 0 aliphatic heterocycles. The maximum Gasteiger partial charge on any atom is 0.332 e. The monoisotopic (exact) mass is 260 g/mol. The number of hydrogen-bond acceptors (Lipinski definition) is 3. The highest BCUT2D eigenvalue weighted by Crippen LogP contribution is 2.13. The Labute approximate surface area is 108 Å². The van der Waals surface area contributed by atoms with Crippen LogP contribution in [0.4, 0.5) is 0 Å². The summed E-state index contributed by atoms with van der Waals surface area (Å²) in [6, 6.07) is 6.67. The van der Waals surface area contributed by atoms with E-state index in [-0.39, 0.29) is 6.42 Å². The Morgan fingerprint density at radius 3 is 2.68 bits per heavy atom. The fourth-order valence-corrected chi connectivity index (χ4v) is 1.80. The number of aromatic nitrogens is 2. The van der Waals surface area contributed by atoms with Crippen molar-refractivity contribution in [3.05, 3.63) is 62.4 Å². The first-order valence-corrected chi connectivity index (χ1v) is 5.61. The minimum atomic E-state index is -0.985. The maximum atomic E-state index is 11.8. The van der Waals surface area contributed by atoms with Crippen molar-refractivity contribution >= 4 is 5.97 Å². The van der Waals surface area contributed by atoms with Crippen LogP contribution in [0.3, 0.4) is 0 Å². The Hall–Kier alpha value is -2.63. The van der Waals surface area contributed by atoms with Gasteiger partial charge in [0.2, 0.25) is 0 Å². The normalized spacial score (nSPS) is 10.4. The van der Waals surface area contributed by atoms with Gasteiger partial charge in [-0.2, -0.15) is 0 Å². The Balaban J connectivity index is 2.65. The molecule has 0 atom stereocenters. The summed E-state index contributed by atoms with van der Waals surface area (Å²) in [6.45, 7) is 1.58. The number of carboxylic acid groups (broad SMARTS) is 1. The summed E-state index contributed by atoms with van der Waals surface area (Å²) in [4.78, 5) is 36.1. The van der Waals surface area contributed by atoms with E-state index in [4.69, 9.17) is 5.11 Å². The summed E-state index contributed by atoms with van der Waals surface area (Å²) in [6.07, 6.45) is 1.21. The van der Waals surface area contributed by atoms with E-state index in [1.54, 1.807) is 31.2 Å². The number of carboxylic acids is 1. The number of aromatic amines is 1. The van der Waals surface area contributed by atoms with E-state index in [1.165, 1.54) is 10.8 Å². The lowest BCUT2D eigenvalue weighted by Crippen LogP contribution is -2.30. The summed E-state index contributed by atoms with van der Waals surface area (Å²) in [5.41, 5.74) is 0.299. The lowest BCUT2D eigenvalue weighted by atomic mass is 10.1. The second-order valence-electron chi connectivity index (χ2n) is 4.14. The van der Waals surface area contributed by atoms with E-state index in [2.05, 4.69) is 4.98 Å². The van der Waals surface area contributed by atoms with Crippen molar-refractivity contribution in [2.75, 3.05) is 0 Å². The van der Waals surface area contributed by atoms with Crippen LogP contribution >= 0.6 is 0 Å². The molecule has 0 unspecified atom stereocenters. The molecule has 0 aliphatic rings. The van der Waals surface area contributed by atoms with Gasteiger partial charge in [-0.1, -0.05) is 18.2 Å². The van der Waals surface area contributed by atoms with Gasteiger partial charge in [-0.3, -0.25) is 19.1 Å². The fraction of sp³-hybridized carbons (Fsp3) is 0.154. The molecular formula is C13H12N2O4. The average Bonchev–Trinajstić information content (AvgIpc) is 2.34. The van der Waals surface area contributed by atoms with Crippen molar-refractivity contribution in [1.29, 1.82) is 0 Å². The van der Waals surface area contributed by atoms with Gasteiger partial charge in [0.1, 0.15) is 0 Å². The predicted octanol–water partition coefficient (Wildman–Crippen LogP) is 0.461. The van der Waals surface area contributed by atoms with Crippen LogP contribution in [0.15, 0.2) is 40.1 Å². The number of rotatable bonds is 3. The number of aryl methyl sites for hydroxylation is 1. The highest BCUT2D eigenvalue weighted by Gasteiger charge is 2.10. The van der Waals surface area contributed by atoms with E-state index < -0.39 is 17.2 Å². The number of carbonyl (C=O) groups is 1. The highest BCUT2D eigenvalue weighted by atomic mass is 16.4. The lowest BCUT2D eigenvalue weighted by molar-refractivity contribution is -0.136. The van der Waals surface area contributed by atoms with Crippen LogP contribution in [0, 0.1) is 6.92 Å². The number of benzene rings is 1. The molecule has 1 aromatic carbocycles. The average molecular weight is 260 g/mol. The van der Waals surface area contributed by atoms with E-state index in [1.807, 2.05) is 0 Å². The molecule has 6 nitrogen and oxygen atoms in total. The summed E-state index contributed by atoms with van der Waals surface area (Å²) >= 11 is 0. The number of aliphatic carboxylic acids is 1. The van der Waals surface area contributed by atoms with Gasteiger partial charge in [0, 0.05) is 11.8 Å². The van der Waals surface area contributed by atoms with Crippen molar-refractivity contribution in [2.45, 2.75) is 13.3 Å². The third kappa shape index (κ3) is 2.62. The molecule has 0 amide bonds.